The maximum atomic E-state index is 11.7. The van der Waals surface area contributed by atoms with E-state index < -0.39 is 15.9 Å². The van der Waals surface area contributed by atoms with Crippen molar-refractivity contribution in [3.05, 3.63) is 41.5 Å². The van der Waals surface area contributed by atoms with Crippen molar-refractivity contribution in [3.63, 3.8) is 0 Å². The van der Waals surface area contributed by atoms with E-state index in [0.717, 1.165) is 4.40 Å². The van der Waals surface area contributed by atoms with Crippen LogP contribution in [-0.4, -0.2) is 34.0 Å². The van der Waals surface area contributed by atoms with Crippen molar-refractivity contribution in [1.82, 2.24) is 0 Å². The standard InChI is InChI=1S/C5H6FGe.3C3H8N.Hf/c6-7-5-3-1-2-4-5;3*1-3(2)4;/h1-4H,7H2;3*3-4H,1-2H3;/q4*-1;+4. The maximum Gasteiger partial charge on any atom is 4.00 e. The van der Waals surface area contributed by atoms with Crippen LogP contribution in [0.4, 0.5) is 3.50 Å². The fraction of sp³-hybridized carbons (Fsp3) is 0.643. The number of hydrogen-bond acceptors (Lipinski definition) is 0. The normalized spacial score (nSPS) is 9.25. The summed E-state index contributed by atoms with van der Waals surface area (Å²) in [4.78, 5) is 0. The monoisotopic (exact) mass is 513 g/mol. The van der Waals surface area contributed by atoms with Gasteiger partial charge in [0.25, 0.3) is 0 Å². The fourth-order valence-corrected chi connectivity index (χ4v) is 1.45. The number of nitrogens with one attached hydrogen (secondary N) is 3. The van der Waals surface area contributed by atoms with Crippen LogP contribution in [0, 0.1) is 0 Å². The van der Waals surface area contributed by atoms with E-state index in [1.54, 1.807) is 0 Å². The third kappa shape index (κ3) is 62.6. The van der Waals surface area contributed by atoms with Crippen LogP contribution in [0.3, 0.4) is 0 Å². The van der Waals surface area contributed by atoms with Gasteiger partial charge in [-0.15, -0.1) is 18.1 Å². The smallest absolute Gasteiger partial charge is 4.00 e. The molecular formula is C14H30FGeHfN3. The molecule has 0 fully saturated rings. The molecule has 0 saturated heterocycles. The van der Waals surface area contributed by atoms with Crippen LogP contribution in [0.25, 0.3) is 17.2 Å². The van der Waals surface area contributed by atoms with Gasteiger partial charge in [-0.25, -0.2) is 0 Å². The van der Waals surface area contributed by atoms with Gasteiger partial charge in [0.15, 0.2) is 0 Å². The Morgan fingerprint density at radius 2 is 1.00 bits per heavy atom. The minimum absolute atomic E-state index is 0. The van der Waals surface area contributed by atoms with Gasteiger partial charge in [-0.1, -0.05) is 41.5 Å². The zero-order valence-electron chi connectivity index (χ0n) is 13.6. The summed E-state index contributed by atoms with van der Waals surface area (Å²) in [6, 6.07) is 7.69. The first-order valence-corrected chi connectivity index (χ1v) is 9.13. The predicted molar refractivity (Wildman–Crippen MR) is 89.7 cm³/mol. The largest absolute Gasteiger partial charge is 4.00 e. The fourth-order valence-electron chi connectivity index (χ4n) is 0.503. The SMILES string of the molecule is CC(C)[NH-].CC(C)[NH-].CC(C)[NH-].[F][GeH2][c-]1cccc1.[Hf+4]. The van der Waals surface area contributed by atoms with E-state index in [1.165, 1.54) is 0 Å². The Balaban J connectivity index is -0.0000000881. The molecule has 0 radical (unpaired) electrons. The second-order valence-corrected chi connectivity index (χ2v) is 7.16. The van der Waals surface area contributed by atoms with Crippen LogP contribution in [-0.2, 0) is 25.8 Å². The third-order valence-electron chi connectivity index (χ3n) is 0.886. The maximum absolute atomic E-state index is 11.7. The van der Waals surface area contributed by atoms with E-state index in [1.807, 2.05) is 65.8 Å². The van der Waals surface area contributed by atoms with Gasteiger partial charge in [-0.05, 0) is 0 Å². The van der Waals surface area contributed by atoms with Gasteiger partial charge in [0.05, 0.1) is 0 Å². The summed E-state index contributed by atoms with van der Waals surface area (Å²) in [7, 11) is 0. The van der Waals surface area contributed by atoms with Gasteiger partial charge in [0, 0.05) is 0 Å². The Labute approximate surface area is 150 Å². The zero-order chi connectivity index (χ0) is 15.8. The molecule has 1 aromatic carbocycles. The predicted octanol–water partition coefficient (Wildman–Crippen LogP) is 4.42. The van der Waals surface area contributed by atoms with Gasteiger partial charge >= 0.3 is 73.9 Å². The van der Waals surface area contributed by atoms with Crippen LogP contribution < -0.4 is 4.40 Å². The average Bonchev–Trinajstić information content (AvgIpc) is 2.66. The average molecular weight is 511 g/mol. The first-order valence-electron chi connectivity index (χ1n) is 6.53. The van der Waals surface area contributed by atoms with Crippen molar-refractivity contribution in [3.8, 4) is 0 Å². The zero-order valence-corrected chi connectivity index (χ0v) is 20.2. The first kappa shape index (κ1) is 28.7. The van der Waals surface area contributed by atoms with Crippen LogP contribution in [0.2, 0.25) is 0 Å². The summed E-state index contributed by atoms with van der Waals surface area (Å²) in [5.41, 5.74) is 19.8. The van der Waals surface area contributed by atoms with Crippen LogP contribution in [0.1, 0.15) is 41.5 Å². The van der Waals surface area contributed by atoms with E-state index in [-0.39, 0.29) is 44.0 Å². The summed E-state index contributed by atoms with van der Waals surface area (Å²) >= 11 is -1.73. The molecule has 0 spiro atoms. The summed E-state index contributed by atoms with van der Waals surface area (Å²) < 4.78 is 12.7. The van der Waals surface area contributed by atoms with Crippen molar-refractivity contribution in [1.29, 1.82) is 0 Å². The molecule has 0 saturated carbocycles. The van der Waals surface area contributed by atoms with Crippen molar-refractivity contribution < 1.29 is 29.3 Å². The summed E-state index contributed by atoms with van der Waals surface area (Å²) in [5.74, 6) is 0. The molecule has 1 rings (SSSR count). The van der Waals surface area contributed by atoms with E-state index >= 15 is 0 Å². The Hall–Kier alpha value is 0.573. The molecule has 0 aromatic heterocycles. The molecule has 0 aliphatic carbocycles. The van der Waals surface area contributed by atoms with E-state index in [9.17, 15) is 3.50 Å². The third-order valence-corrected chi connectivity index (χ3v) is 2.52. The quantitative estimate of drug-likeness (QED) is 0.397. The van der Waals surface area contributed by atoms with Crippen molar-refractivity contribution >= 4 is 20.3 Å². The van der Waals surface area contributed by atoms with Crippen molar-refractivity contribution in [2.45, 2.75) is 59.7 Å². The topological polar surface area (TPSA) is 71.4 Å². The number of halogens is 1. The molecule has 1 aromatic rings. The van der Waals surface area contributed by atoms with Gasteiger partial charge in [0.1, 0.15) is 0 Å². The molecular weight excluding hydrogens is 480 g/mol. The summed E-state index contributed by atoms with van der Waals surface area (Å²) in [6.07, 6.45) is 0. The van der Waals surface area contributed by atoms with Crippen LogP contribution in [0.5, 0.6) is 0 Å². The molecule has 3 N–H and O–H groups in total. The van der Waals surface area contributed by atoms with E-state index in [4.69, 9.17) is 17.2 Å². The van der Waals surface area contributed by atoms with Gasteiger partial charge < -0.3 is 17.2 Å². The van der Waals surface area contributed by atoms with Crippen LogP contribution in [0.15, 0.2) is 24.3 Å². The minimum Gasteiger partial charge on any atom is 4.00 e. The Morgan fingerprint density at radius 3 is 1.10 bits per heavy atom. The molecule has 6 heteroatoms. The molecule has 116 valence electrons. The Bertz CT molecular complexity index is 220. The molecule has 0 atom stereocenters. The van der Waals surface area contributed by atoms with E-state index in [0.29, 0.717) is 0 Å². The Morgan fingerprint density at radius 1 is 0.800 bits per heavy atom. The molecule has 20 heavy (non-hydrogen) atoms. The summed E-state index contributed by atoms with van der Waals surface area (Å²) in [6.45, 7) is 11.0. The molecule has 0 bridgehead atoms. The molecule has 0 aliphatic rings. The van der Waals surface area contributed by atoms with Gasteiger partial charge in [0.2, 0.25) is 0 Å². The number of rotatable bonds is 1. The Kier molecular flexibility index (Phi) is 31.4. The van der Waals surface area contributed by atoms with Crippen molar-refractivity contribution in [2.24, 2.45) is 0 Å². The molecule has 3 nitrogen and oxygen atoms in total. The second-order valence-electron chi connectivity index (χ2n) is 4.89. The van der Waals surface area contributed by atoms with Crippen molar-refractivity contribution in [2.75, 3.05) is 0 Å². The van der Waals surface area contributed by atoms with Gasteiger partial charge in [-0.3, -0.25) is 0 Å². The van der Waals surface area contributed by atoms with Gasteiger partial charge in [-0.2, -0.15) is 0 Å². The number of hydrogen-bond donors (Lipinski definition) is 0. The molecule has 0 aliphatic heterocycles. The van der Waals surface area contributed by atoms with Crippen LogP contribution >= 0.6 is 0 Å². The molecule has 0 amide bonds. The molecule has 0 unspecified atom stereocenters. The minimum atomic E-state index is -1.73. The first-order chi connectivity index (χ1) is 8.63. The molecule has 0 heterocycles. The second kappa shape index (κ2) is 21.9. The van der Waals surface area contributed by atoms with E-state index in [2.05, 4.69) is 0 Å². The summed E-state index contributed by atoms with van der Waals surface area (Å²) in [5, 5.41) is 0.